The van der Waals surface area contributed by atoms with E-state index in [4.69, 9.17) is 9.47 Å². The molecule has 33 heavy (non-hydrogen) atoms. The number of H-pyrrole nitrogens is 1. The molecule has 0 unspecified atom stereocenters. The van der Waals surface area contributed by atoms with Crippen molar-refractivity contribution in [3.8, 4) is 11.5 Å². The van der Waals surface area contributed by atoms with E-state index in [2.05, 4.69) is 9.72 Å². The fourth-order valence-corrected chi connectivity index (χ4v) is 5.00. The monoisotopic (exact) mass is 474 g/mol. The van der Waals surface area contributed by atoms with Crippen molar-refractivity contribution in [3.05, 3.63) is 63.9 Å². The van der Waals surface area contributed by atoms with E-state index in [1.54, 1.807) is 18.2 Å². The number of fused-ring (bicyclic) bond motifs is 2. The van der Waals surface area contributed by atoms with Gasteiger partial charge in [0.15, 0.2) is 11.5 Å². The number of hydrogen-bond donors (Lipinski definition) is 2. The highest BCUT2D eigenvalue weighted by molar-refractivity contribution is 7.89. The first-order valence-electron chi connectivity index (χ1n) is 10.1. The molecule has 10 nitrogen and oxygen atoms in total. The van der Waals surface area contributed by atoms with Crippen LogP contribution in [0.5, 0.6) is 11.5 Å². The quantitative estimate of drug-likeness (QED) is 0.489. The molecule has 0 radical (unpaired) electrons. The summed E-state index contributed by atoms with van der Waals surface area (Å²) in [6, 6.07) is 10.3. The summed E-state index contributed by atoms with van der Waals surface area (Å²) < 4.78 is 43.3. The van der Waals surface area contributed by atoms with Crippen molar-refractivity contribution in [3.63, 3.8) is 0 Å². The maximum atomic E-state index is 13.3. The zero-order valence-electron chi connectivity index (χ0n) is 17.7. The molecule has 0 aliphatic carbocycles. The molecular formula is C22H22N2O8S. The number of ether oxygens (including phenoxy) is 3. The Morgan fingerprint density at radius 2 is 1.88 bits per heavy atom. The second-order valence-corrected chi connectivity index (χ2v) is 9.23. The van der Waals surface area contributed by atoms with E-state index >= 15 is 0 Å². The number of rotatable bonds is 7. The number of aliphatic hydroxyl groups excluding tert-OH is 1. The number of nitrogens with one attached hydrogen (secondary N) is 1. The summed E-state index contributed by atoms with van der Waals surface area (Å²) in [5.74, 6) is 0.375. The Hall–Kier alpha value is -3.41. The van der Waals surface area contributed by atoms with Gasteiger partial charge in [-0.25, -0.2) is 13.2 Å². The maximum Gasteiger partial charge on any atom is 0.337 e. The Bertz CT molecular complexity index is 1370. The van der Waals surface area contributed by atoms with E-state index in [0.29, 0.717) is 35.6 Å². The van der Waals surface area contributed by atoms with Crippen LogP contribution >= 0.6 is 0 Å². The molecule has 1 aromatic heterocycles. The summed E-state index contributed by atoms with van der Waals surface area (Å²) in [7, 11) is -2.95. The number of methoxy groups -OCH3 is 1. The van der Waals surface area contributed by atoms with E-state index in [-0.39, 0.29) is 29.1 Å². The molecule has 174 valence electrons. The van der Waals surface area contributed by atoms with E-state index in [1.165, 1.54) is 31.4 Å². The third kappa shape index (κ3) is 4.56. The number of aromatic amines is 1. The van der Waals surface area contributed by atoms with Gasteiger partial charge in [0, 0.05) is 30.1 Å². The van der Waals surface area contributed by atoms with Gasteiger partial charge in [0.25, 0.3) is 5.56 Å². The largest absolute Gasteiger partial charge is 0.486 e. The summed E-state index contributed by atoms with van der Waals surface area (Å²) in [6.45, 7) is -0.178. The summed E-state index contributed by atoms with van der Waals surface area (Å²) >= 11 is 0. The fraction of sp³-hybridized carbons (Fsp3) is 0.273. The lowest BCUT2D eigenvalue weighted by Gasteiger charge is -2.22. The summed E-state index contributed by atoms with van der Waals surface area (Å²) in [5.41, 5.74) is 0.300. The third-order valence-electron chi connectivity index (χ3n) is 5.17. The van der Waals surface area contributed by atoms with Gasteiger partial charge < -0.3 is 24.3 Å². The molecule has 0 atom stereocenters. The molecule has 11 heteroatoms. The highest BCUT2D eigenvalue weighted by Gasteiger charge is 2.26. The number of pyridine rings is 1. The van der Waals surface area contributed by atoms with Crippen molar-refractivity contribution in [1.82, 2.24) is 9.29 Å². The number of sulfonamides is 1. The number of nitrogens with zero attached hydrogens (tertiary/aromatic N) is 1. The molecule has 0 saturated carbocycles. The number of hydrogen-bond acceptors (Lipinski definition) is 8. The van der Waals surface area contributed by atoms with Gasteiger partial charge in [-0.2, -0.15) is 4.31 Å². The average Bonchev–Trinajstić information content (AvgIpc) is 2.82. The van der Waals surface area contributed by atoms with Crippen LogP contribution in [0.15, 0.2) is 52.2 Å². The minimum absolute atomic E-state index is 0.0677. The van der Waals surface area contributed by atoms with Gasteiger partial charge in [0.05, 0.1) is 29.7 Å². The van der Waals surface area contributed by atoms with Crippen LogP contribution in [0.25, 0.3) is 10.9 Å². The molecule has 1 aliphatic rings. The Balaban J connectivity index is 1.71. The van der Waals surface area contributed by atoms with Crippen LogP contribution in [-0.4, -0.2) is 62.3 Å². The lowest BCUT2D eigenvalue weighted by molar-refractivity contribution is 0.0600. The first kappa shape index (κ1) is 22.8. The smallest absolute Gasteiger partial charge is 0.337 e. The molecule has 0 spiro atoms. The molecule has 0 amide bonds. The predicted octanol–water partition coefficient (Wildman–Crippen LogP) is 1.27. The Morgan fingerprint density at radius 1 is 1.15 bits per heavy atom. The van der Waals surface area contributed by atoms with E-state index in [1.807, 2.05) is 0 Å². The second-order valence-electron chi connectivity index (χ2n) is 7.29. The maximum absolute atomic E-state index is 13.3. The van der Waals surface area contributed by atoms with Gasteiger partial charge >= 0.3 is 5.97 Å². The van der Waals surface area contributed by atoms with Crippen LogP contribution in [0, 0.1) is 0 Å². The number of aromatic nitrogens is 1. The molecule has 0 bridgehead atoms. The SMILES string of the molecule is COC(=O)c1cccc(S(=O)(=O)N(CCO)Cc2cc3cc4c(cc3[nH]c2=O)OCCO4)c1. The van der Waals surface area contributed by atoms with Gasteiger partial charge in [-0.15, -0.1) is 0 Å². The number of aliphatic hydroxyl groups is 1. The van der Waals surface area contributed by atoms with Gasteiger partial charge in [0.1, 0.15) is 13.2 Å². The third-order valence-corrected chi connectivity index (χ3v) is 7.01. The zero-order valence-corrected chi connectivity index (χ0v) is 18.6. The summed E-state index contributed by atoms with van der Waals surface area (Å²) in [6.07, 6.45) is 0. The number of carbonyl (C=O) groups excluding carboxylic acids is 1. The van der Waals surface area contributed by atoms with E-state index < -0.39 is 28.2 Å². The first-order valence-corrected chi connectivity index (χ1v) is 11.5. The summed E-state index contributed by atoms with van der Waals surface area (Å²) in [4.78, 5) is 27.1. The van der Waals surface area contributed by atoms with Gasteiger partial charge in [-0.05, 0) is 30.3 Å². The van der Waals surface area contributed by atoms with Crippen molar-refractivity contribution in [2.24, 2.45) is 0 Å². The van der Waals surface area contributed by atoms with E-state index in [9.17, 15) is 23.1 Å². The molecule has 2 N–H and O–H groups in total. The average molecular weight is 474 g/mol. The molecule has 0 saturated heterocycles. The van der Waals surface area contributed by atoms with Crippen molar-refractivity contribution in [2.75, 3.05) is 33.5 Å². The molecule has 0 fully saturated rings. The lowest BCUT2D eigenvalue weighted by Crippen LogP contribution is -2.35. The van der Waals surface area contributed by atoms with Crippen molar-refractivity contribution >= 4 is 26.9 Å². The number of carbonyl (C=O) groups is 1. The molecule has 1 aliphatic heterocycles. The van der Waals surface area contributed by atoms with Crippen LogP contribution in [0.2, 0.25) is 0 Å². The van der Waals surface area contributed by atoms with Gasteiger partial charge in [0.2, 0.25) is 10.0 Å². The van der Waals surface area contributed by atoms with Crippen LogP contribution < -0.4 is 15.0 Å². The van der Waals surface area contributed by atoms with Crippen LogP contribution in [-0.2, 0) is 21.3 Å². The highest BCUT2D eigenvalue weighted by Crippen LogP contribution is 2.33. The van der Waals surface area contributed by atoms with Crippen LogP contribution in [0.1, 0.15) is 15.9 Å². The molecule has 2 heterocycles. The van der Waals surface area contributed by atoms with Gasteiger partial charge in [-0.1, -0.05) is 6.07 Å². The topological polar surface area (TPSA) is 135 Å². The van der Waals surface area contributed by atoms with Crippen molar-refractivity contribution < 1.29 is 32.5 Å². The Morgan fingerprint density at radius 3 is 2.58 bits per heavy atom. The molecule has 4 rings (SSSR count). The molecule has 2 aromatic carbocycles. The second kappa shape index (κ2) is 9.22. The minimum Gasteiger partial charge on any atom is -0.486 e. The van der Waals surface area contributed by atoms with Crippen LogP contribution in [0.3, 0.4) is 0 Å². The fourth-order valence-electron chi connectivity index (χ4n) is 3.54. The Labute approximate surface area is 189 Å². The van der Waals surface area contributed by atoms with Crippen LogP contribution in [0.4, 0.5) is 0 Å². The standard InChI is InChI=1S/C22H22N2O8S/c1-30-22(27)14-3-2-4-17(10-14)33(28,29)24(5-6-25)13-16-9-15-11-19-20(32-8-7-31-19)12-18(15)23-21(16)26/h2-4,9-12,25H,5-8,13H2,1H3,(H,23,26). The lowest BCUT2D eigenvalue weighted by atomic mass is 10.1. The van der Waals surface area contributed by atoms with E-state index in [0.717, 1.165) is 4.31 Å². The first-order chi connectivity index (χ1) is 15.8. The number of esters is 1. The highest BCUT2D eigenvalue weighted by atomic mass is 32.2. The van der Waals surface area contributed by atoms with Crippen molar-refractivity contribution in [2.45, 2.75) is 11.4 Å². The number of benzene rings is 2. The summed E-state index contributed by atoms with van der Waals surface area (Å²) in [5, 5.41) is 10.1. The van der Waals surface area contributed by atoms with Gasteiger partial charge in [-0.3, -0.25) is 4.79 Å². The predicted molar refractivity (Wildman–Crippen MR) is 118 cm³/mol. The molecule has 3 aromatic rings. The molecular weight excluding hydrogens is 452 g/mol. The normalized spacial score (nSPS) is 13.3. The minimum atomic E-state index is -4.14. The Kier molecular flexibility index (Phi) is 6.36. The zero-order chi connectivity index (χ0) is 23.6. The van der Waals surface area contributed by atoms with Crippen molar-refractivity contribution in [1.29, 1.82) is 0 Å².